The van der Waals surface area contributed by atoms with E-state index >= 15 is 0 Å². The lowest BCUT2D eigenvalue weighted by Gasteiger charge is -2.11. The first kappa shape index (κ1) is 14.6. The maximum absolute atomic E-state index is 8.90. The molecule has 1 heterocycles. The monoisotopic (exact) mass is 283 g/mol. The summed E-state index contributed by atoms with van der Waals surface area (Å²) in [6, 6.07) is 9.10. The van der Waals surface area contributed by atoms with Gasteiger partial charge >= 0.3 is 0 Å². The molecule has 0 radical (unpaired) electrons. The second-order valence-electron chi connectivity index (χ2n) is 4.37. The number of nitrogens with zero attached hydrogens (tertiary/aromatic N) is 3. The average molecular weight is 283 g/mol. The first-order valence-electron chi connectivity index (χ1n) is 6.68. The minimum atomic E-state index is 0.547. The maximum atomic E-state index is 8.90. The fraction of sp³-hybridized carbons (Fsp3) is 0.267. The third-order valence-corrected chi connectivity index (χ3v) is 2.82. The molecule has 2 N–H and O–H groups in total. The quantitative estimate of drug-likeness (QED) is 0.848. The van der Waals surface area contributed by atoms with E-state index in [1.165, 1.54) is 6.33 Å². The smallest absolute Gasteiger partial charge is 0.143 e. The minimum Gasteiger partial charge on any atom is -0.495 e. The number of hydrogen-bond donors (Lipinski definition) is 2. The minimum absolute atomic E-state index is 0.547. The van der Waals surface area contributed by atoms with Crippen LogP contribution in [-0.2, 0) is 0 Å². The molecule has 0 aliphatic carbocycles. The molecule has 0 fully saturated rings. The summed E-state index contributed by atoms with van der Waals surface area (Å²) in [5.74, 6) is 2.02. The molecule has 6 nitrogen and oxygen atoms in total. The van der Waals surface area contributed by atoms with Crippen molar-refractivity contribution in [1.82, 2.24) is 9.97 Å². The maximum Gasteiger partial charge on any atom is 0.143 e. The lowest BCUT2D eigenvalue weighted by molar-refractivity contribution is 0.416. The Morgan fingerprint density at radius 3 is 2.76 bits per heavy atom. The zero-order valence-corrected chi connectivity index (χ0v) is 12.1. The zero-order chi connectivity index (χ0) is 15.1. The molecule has 6 heteroatoms. The third-order valence-electron chi connectivity index (χ3n) is 2.82. The number of aromatic nitrogens is 2. The van der Waals surface area contributed by atoms with Crippen LogP contribution in [0.5, 0.6) is 5.75 Å². The molecule has 1 aromatic heterocycles. The van der Waals surface area contributed by atoms with Crippen molar-refractivity contribution < 1.29 is 4.74 Å². The topological polar surface area (TPSA) is 82.9 Å². The number of benzene rings is 1. The molecule has 0 saturated heterocycles. The van der Waals surface area contributed by atoms with Crippen LogP contribution in [0, 0.1) is 11.3 Å². The van der Waals surface area contributed by atoms with E-state index in [1.807, 2.05) is 6.07 Å². The molecule has 0 aliphatic heterocycles. The number of nitriles is 1. The van der Waals surface area contributed by atoms with Gasteiger partial charge in [-0.1, -0.05) is 6.92 Å². The van der Waals surface area contributed by atoms with Crippen LogP contribution in [0.2, 0.25) is 0 Å². The Morgan fingerprint density at radius 1 is 1.24 bits per heavy atom. The summed E-state index contributed by atoms with van der Waals surface area (Å²) in [7, 11) is 1.57. The summed E-state index contributed by atoms with van der Waals surface area (Å²) in [5.41, 5.74) is 1.29. The van der Waals surface area contributed by atoms with Crippen LogP contribution in [0.4, 0.5) is 17.3 Å². The van der Waals surface area contributed by atoms with Gasteiger partial charge in [-0.25, -0.2) is 9.97 Å². The number of hydrogen-bond acceptors (Lipinski definition) is 6. The normalized spacial score (nSPS) is 9.76. The van der Waals surface area contributed by atoms with Crippen molar-refractivity contribution in [1.29, 1.82) is 5.26 Å². The Hall–Kier alpha value is -2.81. The van der Waals surface area contributed by atoms with Crippen molar-refractivity contribution >= 4 is 17.3 Å². The van der Waals surface area contributed by atoms with E-state index in [0.29, 0.717) is 17.1 Å². The summed E-state index contributed by atoms with van der Waals surface area (Å²) in [6.07, 6.45) is 2.52. The molecule has 0 atom stereocenters. The molecule has 108 valence electrons. The van der Waals surface area contributed by atoms with E-state index in [2.05, 4.69) is 33.6 Å². The van der Waals surface area contributed by atoms with Crippen molar-refractivity contribution in [2.75, 3.05) is 24.3 Å². The van der Waals surface area contributed by atoms with Gasteiger partial charge in [0.05, 0.1) is 24.4 Å². The second kappa shape index (κ2) is 7.10. The number of rotatable bonds is 6. The second-order valence-corrected chi connectivity index (χ2v) is 4.37. The first-order chi connectivity index (χ1) is 10.3. The van der Waals surface area contributed by atoms with Gasteiger partial charge in [0.15, 0.2) is 0 Å². The largest absolute Gasteiger partial charge is 0.495 e. The highest BCUT2D eigenvalue weighted by Gasteiger charge is 2.06. The highest BCUT2D eigenvalue weighted by Crippen LogP contribution is 2.28. The summed E-state index contributed by atoms with van der Waals surface area (Å²) in [6.45, 7) is 2.95. The zero-order valence-electron chi connectivity index (χ0n) is 12.1. The fourth-order valence-corrected chi connectivity index (χ4v) is 1.78. The Kier molecular flexibility index (Phi) is 4.94. The van der Waals surface area contributed by atoms with Gasteiger partial charge in [-0.2, -0.15) is 5.26 Å². The summed E-state index contributed by atoms with van der Waals surface area (Å²) >= 11 is 0. The van der Waals surface area contributed by atoms with Crippen LogP contribution in [0.3, 0.4) is 0 Å². The Labute approximate surface area is 123 Å². The summed E-state index contributed by atoms with van der Waals surface area (Å²) in [4.78, 5) is 8.33. The van der Waals surface area contributed by atoms with Gasteiger partial charge in [0.2, 0.25) is 0 Å². The average Bonchev–Trinajstić information content (AvgIpc) is 2.53. The van der Waals surface area contributed by atoms with Crippen molar-refractivity contribution in [2.45, 2.75) is 13.3 Å². The molecule has 0 unspecified atom stereocenters. The standard InChI is InChI=1S/C15H17N5O/c1-3-6-17-14-8-15(19-10-18-14)20-12-5-4-11(9-16)7-13(12)21-2/h4-5,7-8,10H,3,6H2,1-2H3,(H2,17,18,19,20). The molecular formula is C15H17N5O. The molecule has 0 bridgehead atoms. The van der Waals surface area contributed by atoms with Crippen LogP contribution < -0.4 is 15.4 Å². The van der Waals surface area contributed by atoms with Gasteiger partial charge in [-0.3, -0.25) is 0 Å². The fourth-order valence-electron chi connectivity index (χ4n) is 1.78. The molecule has 1 aromatic carbocycles. The van der Waals surface area contributed by atoms with Crippen LogP contribution in [-0.4, -0.2) is 23.6 Å². The molecule has 2 aromatic rings. The van der Waals surface area contributed by atoms with E-state index in [-0.39, 0.29) is 0 Å². The lowest BCUT2D eigenvalue weighted by Crippen LogP contribution is -2.04. The van der Waals surface area contributed by atoms with E-state index < -0.39 is 0 Å². The predicted octanol–water partition coefficient (Wildman–Crippen LogP) is 2.92. The molecule has 0 aliphatic rings. The molecule has 21 heavy (non-hydrogen) atoms. The number of methoxy groups -OCH3 is 1. The van der Waals surface area contributed by atoms with Gasteiger partial charge in [0, 0.05) is 18.7 Å². The van der Waals surface area contributed by atoms with E-state index in [0.717, 1.165) is 24.5 Å². The highest BCUT2D eigenvalue weighted by atomic mass is 16.5. The lowest BCUT2D eigenvalue weighted by atomic mass is 10.2. The third kappa shape index (κ3) is 3.83. The first-order valence-corrected chi connectivity index (χ1v) is 6.68. The van der Waals surface area contributed by atoms with Crippen molar-refractivity contribution in [3.05, 3.63) is 36.2 Å². The van der Waals surface area contributed by atoms with Gasteiger partial charge in [-0.05, 0) is 18.6 Å². The SMILES string of the molecule is CCCNc1cc(Nc2ccc(C#N)cc2OC)ncn1. The van der Waals surface area contributed by atoms with E-state index in [1.54, 1.807) is 25.3 Å². The van der Waals surface area contributed by atoms with Gasteiger partial charge < -0.3 is 15.4 Å². The summed E-state index contributed by atoms with van der Waals surface area (Å²) in [5, 5.41) is 15.3. The number of nitrogens with one attached hydrogen (secondary N) is 2. The molecule has 0 amide bonds. The molecule has 0 spiro atoms. The van der Waals surface area contributed by atoms with Gasteiger partial charge in [0.25, 0.3) is 0 Å². The summed E-state index contributed by atoms with van der Waals surface area (Å²) < 4.78 is 5.28. The molecule has 0 saturated carbocycles. The molecule has 2 rings (SSSR count). The van der Waals surface area contributed by atoms with E-state index in [9.17, 15) is 0 Å². The van der Waals surface area contributed by atoms with Gasteiger partial charge in [0.1, 0.15) is 23.7 Å². The number of anilines is 3. The van der Waals surface area contributed by atoms with Crippen molar-refractivity contribution in [2.24, 2.45) is 0 Å². The highest BCUT2D eigenvalue weighted by molar-refractivity contribution is 5.66. The van der Waals surface area contributed by atoms with Crippen molar-refractivity contribution in [3.8, 4) is 11.8 Å². The Balaban J connectivity index is 2.20. The number of ether oxygens (including phenoxy) is 1. The molecular weight excluding hydrogens is 266 g/mol. The van der Waals surface area contributed by atoms with Crippen LogP contribution in [0.15, 0.2) is 30.6 Å². The Bertz CT molecular complexity index is 651. The Morgan fingerprint density at radius 2 is 2.05 bits per heavy atom. The van der Waals surface area contributed by atoms with Crippen LogP contribution >= 0.6 is 0 Å². The predicted molar refractivity (Wildman–Crippen MR) is 81.8 cm³/mol. The van der Waals surface area contributed by atoms with E-state index in [4.69, 9.17) is 10.00 Å². The van der Waals surface area contributed by atoms with Gasteiger partial charge in [-0.15, -0.1) is 0 Å². The van der Waals surface area contributed by atoms with Crippen LogP contribution in [0.25, 0.3) is 0 Å². The van der Waals surface area contributed by atoms with Crippen LogP contribution in [0.1, 0.15) is 18.9 Å². The van der Waals surface area contributed by atoms with Crippen molar-refractivity contribution in [3.63, 3.8) is 0 Å².